The molecule has 0 saturated carbocycles. The van der Waals surface area contributed by atoms with Gasteiger partial charge in [-0.1, -0.05) is 12.1 Å². The molecule has 1 atom stereocenters. The number of rotatable bonds is 4. The Morgan fingerprint density at radius 2 is 2.08 bits per heavy atom. The van der Waals surface area contributed by atoms with Crippen molar-refractivity contribution in [2.45, 2.75) is 45.2 Å². The zero-order valence-corrected chi connectivity index (χ0v) is 15.6. The van der Waals surface area contributed by atoms with E-state index >= 15 is 0 Å². The maximum absolute atomic E-state index is 5.84. The lowest BCUT2D eigenvalue weighted by molar-refractivity contribution is 0.194. The van der Waals surface area contributed by atoms with Crippen molar-refractivity contribution in [2.75, 3.05) is 18.8 Å². The van der Waals surface area contributed by atoms with Crippen LogP contribution in [0.25, 0.3) is 11.0 Å². The van der Waals surface area contributed by atoms with E-state index in [2.05, 4.69) is 58.6 Å². The third-order valence-electron chi connectivity index (χ3n) is 5.26. The fourth-order valence-electron chi connectivity index (χ4n) is 4.15. The van der Waals surface area contributed by atoms with Crippen molar-refractivity contribution in [3.63, 3.8) is 0 Å². The summed E-state index contributed by atoms with van der Waals surface area (Å²) in [5.41, 5.74) is 9.42. The Bertz CT molecular complexity index is 898. The molecule has 0 amide bonds. The second kappa shape index (κ2) is 7.08. The zero-order valence-electron chi connectivity index (χ0n) is 15.6. The molecule has 0 bridgehead atoms. The highest BCUT2D eigenvalue weighted by Crippen LogP contribution is 2.32. The summed E-state index contributed by atoms with van der Waals surface area (Å²) in [5, 5.41) is 0. The molecule has 1 aliphatic heterocycles. The molecule has 2 N–H and O–H groups in total. The highest BCUT2D eigenvalue weighted by molar-refractivity contribution is 5.76. The molecular weight excluding hydrogens is 322 g/mol. The number of nitrogens with two attached hydrogens (primary N) is 1. The summed E-state index contributed by atoms with van der Waals surface area (Å²) in [6.45, 7) is 7.58. The maximum Gasteiger partial charge on any atom is 0.123 e. The van der Waals surface area contributed by atoms with E-state index < -0.39 is 0 Å². The minimum Gasteiger partial charge on any atom is -0.384 e. The van der Waals surface area contributed by atoms with Gasteiger partial charge in [0.15, 0.2) is 0 Å². The van der Waals surface area contributed by atoms with E-state index in [0.29, 0.717) is 17.8 Å². The Balaban J connectivity index is 1.60. The molecule has 3 heterocycles. The third-order valence-corrected chi connectivity index (χ3v) is 5.26. The molecule has 4 rings (SSSR count). The predicted octanol–water partition coefficient (Wildman–Crippen LogP) is 3.97. The normalized spacial score (nSPS) is 18.7. The van der Waals surface area contributed by atoms with E-state index in [0.717, 1.165) is 25.2 Å². The van der Waals surface area contributed by atoms with Gasteiger partial charge in [0, 0.05) is 31.2 Å². The second-order valence-electron chi connectivity index (χ2n) is 7.59. The van der Waals surface area contributed by atoms with Crippen LogP contribution >= 0.6 is 0 Å². The number of benzene rings is 1. The highest BCUT2D eigenvalue weighted by Gasteiger charge is 2.27. The van der Waals surface area contributed by atoms with Gasteiger partial charge in [0.05, 0.1) is 11.0 Å². The molecule has 2 aromatic heterocycles. The summed E-state index contributed by atoms with van der Waals surface area (Å²) >= 11 is 0. The molecule has 0 unspecified atom stereocenters. The lowest BCUT2D eigenvalue weighted by Gasteiger charge is -2.33. The molecule has 3 aromatic rings. The van der Waals surface area contributed by atoms with Crippen LogP contribution in [0.3, 0.4) is 0 Å². The van der Waals surface area contributed by atoms with Crippen LogP contribution in [0, 0.1) is 0 Å². The summed E-state index contributed by atoms with van der Waals surface area (Å²) in [7, 11) is 0. The molecule has 0 aliphatic carbocycles. The van der Waals surface area contributed by atoms with Crippen molar-refractivity contribution in [1.82, 2.24) is 19.4 Å². The van der Waals surface area contributed by atoms with Crippen molar-refractivity contribution in [3.8, 4) is 0 Å². The van der Waals surface area contributed by atoms with Gasteiger partial charge >= 0.3 is 0 Å². The molecule has 5 nitrogen and oxygen atoms in total. The molecule has 26 heavy (non-hydrogen) atoms. The minimum absolute atomic E-state index is 0.410. The third kappa shape index (κ3) is 3.31. The van der Waals surface area contributed by atoms with Crippen LogP contribution in [0.5, 0.6) is 0 Å². The van der Waals surface area contributed by atoms with Gasteiger partial charge in [-0.2, -0.15) is 0 Å². The van der Waals surface area contributed by atoms with Gasteiger partial charge in [-0.15, -0.1) is 0 Å². The molecule has 1 saturated heterocycles. The summed E-state index contributed by atoms with van der Waals surface area (Å²) in [5.74, 6) is 2.30. The lowest BCUT2D eigenvalue weighted by Crippen LogP contribution is -2.35. The van der Waals surface area contributed by atoms with Gasteiger partial charge < -0.3 is 10.3 Å². The smallest absolute Gasteiger partial charge is 0.123 e. The van der Waals surface area contributed by atoms with Crippen LogP contribution in [0.15, 0.2) is 42.6 Å². The molecular formula is C21H27N5. The predicted molar refractivity (Wildman–Crippen MR) is 106 cm³/mol. The van der Waals surface area contributed by atoms with Crippen LogP contribution < -0.4 is 5.73 Å². The van der Waals surface area contributed by atoms with E-state index in [4.69, 9.17) is 10.7 Å². The second-order valence-corrected chi connectivity index (χ2v) is 7.59. The van der Waals surface area contributed by atoms with Gasteiger partial charge in [-0.25, -0.2) is 9.97 Å². The maximum atomic E-state index is 5.84. The summed E-state index contributed by atoms with van der Waals surface area (Å²) < 4.78 is 2.42. The highest BCUT2D eigenvalue weighted by atomic mass is 15.2. The first kappa shape index (κ1) is 17.0. The standard InChI is InChI=1S/C21H27N5/c1-15(2)26-19-8-4-3-7-18(19)24-21(26)17-6-5-11-25(14-17)13-16-9-10-23-20(22)12-16/h3-4,7-10,12,15,17H,5-6,11,13-14H2,1-2H3,(H2,22,23)/t17-/m1/s1. The first-order valence-electron chi connectivity index (χ1n) is 9.51. The number of nitrogens with zero attached hydrogens (tertiary/aromatic N) is 4. The SMILES string of the molecule is CC(C)n1c([C@@H]2CCCN(Cc3ccnc(N)c3)C2)nc2ccccc21. The fraction of sp³-hybridized carbons (Fsp3) is 0.429. The molecule has 0 radical (unpaired) electrons. The summed E-state index contributed by atoms with van der Waals surface area (Å²) in [6, 6.07) is 12.9. The Kier molecular flexibility index (Phi) is 4.64. The quantitative estimate of drug-likeness (QED) is 0.774. The van der Waals surface area contributed by atoms with Crippen molar-refractivity contribution in [2.24, 2.45) is 0 Å². The van der Waals surface area contributed by atoms with Gasteiger partial charge in [-0.3, -0.25) is 4.90 Å². The van der Waals surface area contributed by atoms with Crippen LogP contribution in [-0.2, 0) is 6.54 Å². The van der Waals surface area contributed by atoms with Crippen molar-refractivity contribution in [1.29, 1.82) is 0 Å². The minimum atomic E-state index is 0.410. The number of hydrogen-bond donors (Lipinski definition) is 1. The van der Waals surface area contributed by atoms with Crippen LogP contribution in [0.2, 0.25) is 0 Å². The number of likely N-dealkylation sites (tertiary alicyclic amines) is 1. The average Bonchev–Trinajstić information content (AvgIpc) is 3.02. The topological polar surface area (TPSA) is 60.0 Å². The number of anilines is 1. The molecule has 5 heteroatoms. The van der Waals surface area contributed by atoms with Gasteiger partial charge in [0.2, 0.25) is 0 Å². The Morgan fingerprint density at radius 1 is 1.23 bits per heavy atom. The number of hydrogen-bond acceptors (Lipinski definition) is 4. The average molecular weight is 349 g/mol. The van der Waals surface area contributed by atoms with E-state index in [9.17, 15) is 0 Å². The van der Waals surface area contributed by atoms with Gasteiger partial charge in [0.1, 0.15) is 11.6 Å². The molecule has 1 aliphatic rings. The van der Waals surface area contributed by atoms with E-state index in [1.54, 1.807) is 6.20 Å². The molecule has 136 valence electrons. The van der Waals surface area contributed by atoms with Crippen LogP contribution in [-0.4, -0.2) is 32.5 Å². The first-order chi connectivity index (χ1) is 12.6. The van der Waals surface area contributed by atoms with Crippen molar-refractivity contribution >= 4 is 16.9 Å². The fourth-order valence-corrected chi connectivity index (χ4v) is 4.15. The molecule has 1 fully saturated rings. The number of fused-ring (bicyclic) bond motifs is 1. The summed E-state index contributed by atoms with van der Waals surface area (Å²) in [6.07, 6.45) is 4.20. The number of pyridine rings is 1. The van der Waals surface area contributed by atoms with Crippen molar-refractivity contribution in [3.05, 3.63) is 54.0 Å². The first-order valence-corrected chi connectivity index (χ1v) is 9.51. The Labute approximate surface area is 154 Å². The van der Waals surface area contributed by atoms with E-state index in [1.165, 1.54) is 29.7 Å². The van der Waals surface area contributed by atoms with Gasteiger partial charge in [-0.05, 0) is 63.1 Å². The van der Waals surface area contributed by atoms with E-state index in [1.807, 2.05) is 6.07 Å². The van der Waals surface area contributed by atoms with Crippen LogP contribution in [0.4, 0.5) is 5.82 Å². The van der Waals surface area contributed by atoms with Crippen molar-refractivity contribution < 1.29 is 0 Å². The summed E-state index contributed by atoms with van der Waals surface area (Å²) in [4.78, 5) is 11.6. The number of para-hydroxylation sites is 2. The van der Waals surface area contributed by atoms with Gasteiger partial charge in [0.25, 0.3) is 0 Å². The Morgan fingerprint density at radius 3 is 2.88 bits per heavy atom. The number of piperidine rings is 1. The zero-order chi connectivity index (χ0) is 18.1. The van der Waals surface area contributed by atoms with E-state index in [-0.39, 0.29) is 0 Å². The molecule has 0 spiro atoms. The number of aromatic nitrogens is 3. The molecule has 1 aromatic carbocycles. The lowest BCUT2D eigenvalue weighted by atomic mass is 9.96. The van der Waals surface area contributed by atoms with Crippen LogP contribution in [0.1, 0.15) is 50.0 Å². The monoisotopic (exact) mass is 349 g/mol. The number of imidazole rings is 1. The largest absolute Gasteiger partial charge is 0.384 e. The number of nitrogen functional groups attached to an aromatic ring is 1. The Hall–Kier alpha value is -2.40.